The Bertz CT molecular complexity index is 485. The van der Waals surface area contributed by atoms with E-state index in [0.29, 0.717) is 24.4 Å². The number of aromatic nitrogens is 3. The number of piperidine rings is 1. The summed E-state index contributed by atoms with van der Waals surface area (Å²) in [6.45, 7) is 8.47. The van der Waals surface area contributed by atoms with E-state index >= 15 is 0 Å². The van der Waals surface area contributed by atoms with Gasteiger partial charge in [0.25, 0.3) is 0 Å². The number of H-pyrrole nitrogens is 1. The van der Waals surface area contributed by atoms with Gasteiger partial charge in [-0.3, -0.25) is 0 Å². The van der Waals surface area contributed by atoms with Crippen LogP contribution in [-0.2, 0) is 16.1 Å². The van der Waals surface area contributed by atoms with Crippen LogP contribution in [0, 0.1) is 17.8 Å². The summed E-state index contributed by atoms with van der Waals surface area (Å²) in [6, 6.07) is 0. The van der Waals surface area contributed by atoms with Crippen LogP contribution in [0.1, 0.15) is 26.5 Å². The number of likely N-dealkylation sites (tertiary alicyclic amines) is 1. The van der Waals surface area contributed by atoms with Gasteiger partial charge >= 0.3 is 6.09 Å². The molecule has 1 aliphatic carbocycles. The molecule has 1 aromatic heterocycles. The summed E-state index contributed by atoms with van der Waals surface area (Å²) < 4.78 is 11.1. The lowest BCUT2D eigenvalue weighted by molar-refractivity contribution is 0.0246. The van der Waals surface area contributed by atoms with Gasteiger partial charge in [0, 0.05) is 13.1 Å². The minimum absolute atomic E-state index is 0.197. The number of nitrogens with one attached hydrogen (secondary N) is 1. The standard InChI is InChI=1S/C14H22N4O3/c1-14(2,3)21-13(19)18-5-10-11(6-18)12(10)8-20-7-9-4-15-17-16-9/h4,10-12H,5-8H2,1-3H3,(H,15,16,17). The molecule has 1 amide bonds. The summed E-state index contributed by atoms with van der Waals surface area (Å²) in [6.07, 6.45) is 1.47. The van der Waals surface area contributed by atoms with Crippen LogP contribution < -0.4 is 0 Å². The van der Waals surface area contributed by atoms with Gasteiger partial charge in [-0.15, -0.1) is 0 Å². The van der Waals surface area contributed by atoms with E-state index in [2.05, 4.69) is 15.4 Å². The highest BCUT2D eigenvalue weighted by Gasteiger charge is 2.56. The summed E-state index contributed by atoms with van der Waals surface area (Å²) >= 11 is 0. The molecule has 3 rings (SSSR count). The van der Waals surface area contributed by atoms with E-state index in [1.54, 1.807) is 6.20 Å². The van der Waals surface area contributed by atoms with E-state index in [-0.39, 0.29) is 6.09 Å². The van der Waals surface area contributed by atoms with Gasteiger partial charge in [0.2, 0.25) is 0 Å². The lowest BCUT2D eigenvalue weighted by atomic mass is 10.2. The fourth-order valence-electron chi connectivity index (χ4n) is 2.97. The molecular weight excluding hydrogens is 272 g/mol. The summed E-state index contributed by atoms with van der Waals surface area (Å²) in [5.41, 5.74) is 0.389. The molecule has 0 aromatic carbocycles. The minimum Gasteiger partial charge on any atom is -0.444 e. The Morgan fingerprint density at radius 2 is 2.14 bits per heavy atom. The van der Waals surface area contributed by atoms with Gasteiger partial charge in [0.1, 0.15) is 11.3 Å². The van der Waals surface area contributed by atoms with Crippen LogP contribution in [0.3, 0.4) is 0 Å². The van der Waals surface area contributed by atoms with Gasteiger partial charge in [0.15, 0.2) is 0 Å². The van der Waals surface area contributed by atoms with Crippen molar-refractivity contribution < 1.29 is 14.3 Å². The molecule has 2 unspecified atom stereocenters. The van der Waals surface area contributed by atoms with Gasteiger partial charge in [0.05, 0.1) is 19.4 Å². The van der Waals surface area contributed by atoms with Crippen molar-refractivity contribution in [3.8, 4) is 0 Å². The average molecular weight is 294 g/mol. The summed E-state index contributed by atoms with van der Waals surface area (Å²) in [4.78, 5) is 13.8. The molecule has 2 fully saturated rings. The summed E-state index contributed by atoms with van der Waals surface area (Å²) in [5, 5.41) is 10.2. The zero-order valence-corrected chi connectivity index (χ0v) is 12.7. The Morgan fingerprint density at radius 3 is 2.71 bits per heavy atom. The first-order valence-electron chi connectivity index (χ1n) is 7.34. The number of ether oxygens (including phenoxy) is 2. The molecular formula is C14H22N4O3. The van der Waals surface area contributed by atoms with Gasteiger partial charge < -0.3 is 14.4 Å². The second-order valence-corrected chi connectivity index (χ2v) is 6.85. The molecule has 0 spiro atoms. The van der Waals surface area contributed by atoms with Crippen molar-refractivity contribution in [1.29, 1.82) is 0 Å². The predicted molar refractivity (Wildman–Crippen MR) is 74.3 cm³/mol. The average Bonchev–Trinajstić information content (AvgIpc) is 2.84. The molecule has 116 valence electrons. The molecule has 1 saturated carbocycles. The van der Waals surface area contributed by atoms with Crippen LogP contribution in [0.2, 0.25) is 0 Å². The van der Waals surface area contributed by atoms with Gasteiger partial charge in [-0.25, -0.2) is 4.79 Å². The minimum atomic E-state index is -0.427. The van der Waals surface area contributed by atoms with Crippen molar-refractivity contribution in [2.75, 3.05) is 19.7 Å². The monoisotopic (exact) mass is 294 g/mol. The number of hydrogen-bond acceptors (Lipinski definition) is 5. The number of carbonyl (C=O) groups is 1. The van der Waals surface area contributed by atoms with Crippen LogP contribution in [0.4, 0.5) is 4.79 Å². The Hall–Kier alpha value is -1.63. The number of hydrogen-bond donors (Lipinski definition) is 1. The molecule has 2 aliphatic rings. The van der Waals surface area contributed by atoms with Gasteiger partial charge in [-0.05, 0) is 38.5 Å². The molecule has 2 heterocycles. The Kier molecular flexibility index (Phi) is 3.61. The SMILES string of the molecule is CC(C)(C)OC(=O)N1CC2C(COCc3cn[nH]n3)C2C1. The largest absolute Gasteiger partial charge is 0.444 e. The lowest BCUT2D eigenvalue weighted by Crippen LogP contribution is -2.37. The molecule has 1 aliphatic heterocycles. The van der Waals surface area contributed by atoms with Crippen LogP contribution in [-0.4, -0.2) is 51.7 Å². The van der Waals surface area contributed by atoms with Crippen LogP contribution in [0.15, 0.2) is 6.20 Å². The molecule has 1 aromatic rings. The highest BCUT2D eigenvalue weighted by Crippen LogP contribution is 2.51. The third-order valence-corrected chi connectivity index (χ3v) is 4.05. The third-order valence-electron chi connectivity index (χ3n) is 4.05. The normalized spacial score (nSPS) is 27.6. The number of carbonyl (C=O) groups excluding carboxylic acids is 1. The molecule has 2 atom stereocenters. The highest BCUT2D eigenvalue weighted by atomic mass is 16.6. The van der Waals surface area contributed by atoms with E-state index in [9.17, 15) is 4.79 Å². The van der Waals surface area contributed by atoms with E-state index in [0.717, 1.165) is 25.4 Å². The fourth-order valence-corrected chi connectivity index (χ4v) is 2.97. The maximum absolute atomic E-state index is 12.0. The van der Waals surface area contributed by atoms with Crippen LogP contribution in [0.25, 0.3) is 0 Å². The number of fused-ring (bicyclic) bond motifs is 1. The fraction of sp³-hybridized carbons (Fsp3) is 0.786. The van der Waals surface area contributed by atoms with Crippen molar-refractivity contribution in [3.05, 3.63) is 11.9 Å². The summed E-state index contributed by atoms with van der Waals surface area (Å²) in [5.74, 6) is 1.69. The molecule has 0 radical (unpaired) electrons. The van der Waals surface area contributed by atoms with Crippen molar-refractivity contribution in [2.24, 2.45) is 17.8 Å². The molecule has 1 N–H and O–H groups in total. The molecule has 21 heavy (non-hydrogen) atoms. The molecule has 0 bridgehead atoms. The second kappa shape index (κ2) is 5.29. The first-order valence-corrected chi connectivity index (χ1v) is 7.34. The smallest absolute Gasteiger partial charge is 0.410 e. The molecule has 1 saturated heterocycles. The molecule has 7 nitrogen and oxygen atoms in total. The topological polar surface area (TPSA) is 80.3 Å². The number of rotatable bonds is 4. The van der Waals surface area contributed by atoms with Crippen LogP contribution in [0.5, 0.6) is 0 Å². The predicted octanol–water partition coefficient (Wildman–Crippen LogP) is 1.43. The van der Waals surface area contributed by atoms with E-state index in [1.807, 2.05) is 25.7 Å². The Balaban J connectivity index is 1.37. The van der Waals surface area contributed by atoms with E-state index in [1.165, 1.54) is 0 Å². The lowest BCUT2D eigenvalue weighted by Gasteiger charge is -2.25. The van der Waals surface area contributed by atoms with Gasteiger partial charge in [-0.1, -0.05) is 0 Å². The zero-order chi connectivity index (χ0) is 15.0. The highest BCUT2D eigenvalue weighted by molar-refractivity contribution is 5.68. The summed E-state index contributed by atoms with van der Waals surface area (Å²) in [7, 11) is 0. The van der Waals surface area contributed by atoms with Crippen LogP contribution >= 0.6 is 0 Å². The molecule has 7 heteroatoms. The maximum Gasteiger partial charge on any atom is 0.410 e. The van der Waals surface area contributed by atoms with E-state index < -0.39 is 5.60 Å². The number of amides is 1. The van der Waals surface area contributed by atoms with Crippen molar-refractivity contribution in [2.45, 2.75) is 33.0 Å². The third kappa shape index (κ3) is 3.34. The number of nitrogens with zero attached hydrogens (tertiary/aromatic N) is 3. The Labute approximate surface area is 124 Å². The maximum atomic E-state index is 12.0. The van der Waals surface area contributed by atoms with Crippen molar-refractivity contribution in [1.82, 2.24) is 20.3 Å². The zero-order valence-electron chi connectivity index (χ0n) is 12.7. The first kappa shape index (κ1) is 14.3. The van der Waals surface area contributed by atoms with Gasteiger partial charge in [-0.2, -0.15) is 15.4 Å². The first-order chi connectivity index (χ1) is 9.94. The van der Waals surface area contributed by atoms with E-state index in [4.69, 9.17) is 9.47 Å². The quantitative estimate of drug-likeness (QED) is 0.908. The number of aromatic amines is 1. The van der Waals surface area contributed by atoms with Crippen molar-refractivity contribution in [3.63, 3.8) is 0 Å². The van der Waals surface area contributed by atoms with Crippen molar-refractivity contribution >= 4 is 6.09 Å². The Morgan fingerprint density at radius 1 is 1.43 bits per heavy atom. The second-order valence-electron chi connectivity index (χ2n) is 6.85.